The molecule has 0 spiro atoms. The van der Waals surface area contributed by atoms with Crippen molar-refractivity contribution in [1.29, 1.82) is 0 Å². The van der Waals surface area contributed by atoms with Crippen LogP contribution in [0.15, 0.2) is 24.3 Å². The molecule has 20 heavy (non-hydrogen) atoms. The Morgan fingerprint density at radius 1 is 1.30 bits per heavy atom. The van der Waals surface area contributed by atoms with Gasteiger partial charge in [-0.3, -0.25) is 0 Å². The Bertz CT molecular complexity index is 595. The Morgan fingerprint density at radius 3 is 2.75 bits per heavy atom. The molecule has 0 aliphatic carbocycles. The molecule has 2 aromatic rings. The van der Waals surface area contributed by atoms with Gasteiger partial charge in [0.05, 0.1) is 11.0 Å². The summed E-state index contributed by atoms with van der Waals surface area (Å²) in [5.74, 6) is 1.43. The van der Waals surface area contributed by atoms with E-state index in [0.29, 0.717) is 11.1 Å². The summed E-state index contributed by atoms with van der Waals surface area (Å²) in [6.45, 7) is 3.17. The van der Waals surface area contributed by atoms with Crippen molar-refractivity contribution in [3.8, 4) is 0 Å². The average Bonchev–Trinajstić information content (AvgIpc) is 2.47. The van der Waals surface area contributed by atoms with Gasteiger partial charge in [-0.1, -0.05) is 23.7 Å². The summed E-state index contributed by atoms with van der Waals surface area (Å²) in [5.41, 5.74) is 1.73. The van der Waals surface area contributed by atoms with Gasteiger partial charge in [-0.25, -0.2) is 9.97 Å². The molecule has 0 radical (unpaired) electrons. The van der Waals surface area contributed by atoms with Crippen molar-refractivity contribution in [2.45, 2.75) is 12.8 Å². The normalized spacial score (nSPS) is 19.2. The molecule has 1 N–H and O–H groups in total. The second-order valence-corrected chi connectivity index (χ2v) is 5.78. The fraction of sp³-hybridized carbons (Fsp3) is 0.467. The van der Waals surface area contributed by atoms with Crippen LogP contribution < -0.4 is 10.2 Å². The van der Waals surface area contributed by atoms with Crippen LogP contribution in [-0.2, 0) is 0 Å². The largest absolute Gasteiger partial charge is 0.357 e. The first-order chi connectivity index (χ1) is 9.74. The van der Waals surface area contributed by atoms with Crippen molar-refractivity contribution in [3.05, 3.63) is 29.4 Å². The Hall–Kier alpha value is -1.39. The molecular weight excluding hydrogens is 272 g/mol. The highest BCUT2D eigenvalue weighted by Crippen LogP contribution is 2.25. The number of halogens is 1. The maximum absolute atomic E-state index is 6.28. The van der Waals surface area contributed by atoms with Gasteiger partial charge in [-0.05, 0) is 44.0 Å². The van der Waals surface area contributed by atoms with E-state index in [9.17, 15) is 0 Å². The van der Waals surface area contributed by atoms with Crippen LogP contribution in [0.4, 0.5) is 5.82 Å². The molecule has 1 aliphatic rings. The van der Waals surface area contributed by atoms with Crippen LogP contribution in [-0.4, -0.2) is 36.6 Å². The van der Waals surface area contributed by atoms with Crippen LogP contribution in [0.3, 0.4) is 0 Å². The van der Waals surface area contributed by atoms with Gasteiger partial charge in [-0.2, -0.15) is 0 Å². The van der Waals surface area contributed by atoms with Crippen LogP contribution in [0.25, 0.3) is 11.0 Å². The molecule has 1 fully saturated rings. The van der Waals surface area contributed by atoms with E-state index in [2.05, 4.69) is 20.2 Å². The molecule has 4 nitrogen and oxygen atoms in total. The van der Waals surface area contributed by atoms with Crippen LogP contribution in [0.1, 0.15) is 12.8 Å². The van der Waals surface area contributed by atoms with Gasteiger partial charge in [0.15, 0.2) is 11.0 Å². The molecule has 1 aliphatic heterocycles. The van der Waals surface area contributed by atoms with Gasteiger partial charge in [0.25, 0.3) is 0 Å². The van der Waals surface area contributed by atoms with Crippen LogP contribution >= 0.6 is 11.6 Å². The predicted molar refractivity (Wildman–Crippen MR) is 83.4 cm³/mol. The minimum Gasteiger partial charge on any atom is -0.357 e. The summed E-state index contributed by atoms with van der Waals surface area (Å²) < 4.78 is 0. The van der Waals surface area contributed by atoms with E-state index in [-0.39, 0.29) is 0 Å². The maximum atomic E-state index is 6.28. The number of nitrogens with one attached hydrogen (secondary N) is 1. The predicted octanol–water partition coefficient (Wildman–Crippen LogP) is 2.72. The van der Waals surface area contributed by atoms with Gasteiger partial charge >= 0.3 is 0 Å². The highest BCUT2D eigenvalue weighted by Gasteiger charge is 2.18. The fourth-order valence-corrected chi connectivity index (χ4v) is 3.04. The monoisotopic (exact) mass is 290 g/mol. The number of benzene rings is 1. The van der Waals surface area contributed by atoms with E-state index in [4.69, 9.17) is 11.6 Å². The molecule has 1 aromatic heterocycles. The maximum Gasteiger partial charge on any atom is 0.172 e. The zero-order valence-corrected chi connectivity index (χ0v) is 12.4. The summed E-state index contributed by atoms with van der Waals surface area (Å²) in [6.07, 6.45) is 2.51. The third-order valence-electron chi connectivity index (χ3n) is 3.80. The zero-order valence-electron chi connectivity index (χ0n) is 11.6. The van der Waals surface area contributed by atoms with E-state index in [1.807, 2.05) is 31.3 Å². The third-order valence-corrected chi connectivity index (χ3v) is 4.06. The quantitative estimate of drug-likeness (QED) is 0.944. The number of fused-ring (bicyclic) bond motifs is 1. The SMILES string of the molecule is CN(C[C@H]1CCCNC1)c1nc2ccccc2nc1Cl. The number of para-hydroxylation sites is 2. The molecule has 1 saturated heterocycles. The smallest absolute Gasteiger partial charge is 0.172 e. The summed E-state index contributed by atoms with van der Waals surface area (Å²) in [7, 11) is 2.04. The summed E-state index contributed by atoms with van der Waals surface area (Å²) >= 11 is 6.28. The number of hydrogen-bond donors (Lipinski definition) is 1. The fourth-order valence-electron chi connectivity index (χ4n) is 2.77. The first kappa shape index (κ1) is 13.6. The number of anilines is 1. The molecule has 0 bridgehead atoms. The minimum atomic E-state index is 0.481. The second-order valence-electron chi connectivity index (χ2n) is 5.42. The number of nitrogens with zero attached hydrogens (tertiary/aromatic N) is 3. The van der Waals surface area contributed by atoms with Gasteiger partial charge in [0.2, 0.25) is 0 Å². The molecule has 1 aromatic carbocycles. The molecular formula is C15H19ClN4. The van der Waals surface area contributed by atoms with Crippen molar-refractivity contribution in [3.63, 3.8) is 0 Å². The van der Waals surface area contributed by atoms with Gasteiger partial charge in [0, 0.05) is 13.6 Å². The van der Waals surface area contributed by atoms with E-state index in [0.717, 1.165) is 36.5 Å². The Labute approximate surface area is 124 Å². The summed E-state index contributed by atoms with van der Waals surface area (Å²) in [4.78, 5) is 11.2. The zero-order chi connectivity index (χ0) is 13.9. The summed E-state index contributed by atoms with van der Waals surface area (Å²) in [5, 5.41) is 3.92. The van der Waals surface area contributed by atoms with Crippen molar-refractivity contribution in [1.82, 2.24) is 15.3 Å². The number of rotatable bonds is 3. The number of hydrogen-bond acceptors (Lipinski definition) is 4. The lowest BCUT2D eigenvalue weighted by atomic mass is 9.99. The first-order valence-corrected chi connectivity index (χ1v) is 7.46. The van der Waals surface area contributed by atoms with E-state index >= 15 is 0 Å². The molecule has 0 saturated carbocycles. The summed E-state index contributed by atoms with van der Waals surface area (Å²) in [6, 6.07) is 7.82. The first-order valence-electron chi connectivity index (χ1n) is 7.08. The van der Waals surface area contributed by atoms with Gasteiger partial charge in [-0.15, -0.1) is 0 Å². The second kappa shape index (κ2) is 5.94. The van der Waals surface area contributed by atoms with Crippen molar-refractivity contribution < 1.29 is 0 Å². The third kappa shape index (κ3) is 2.86. The lowest BCUT2D eigenvalue weighted by molar-refractivity contribution is 0.380. The van der Waals surface area contributed by atoms with E-state index < -0.39 is 0 Å². The molecule has 2 heterocycles. The number of piperidine rings is 1. The topological polar surface area (TPSA) is 41.0 Å². The van der Waals surface area contributed by atoms with Crippen molar-refractivity contribution in [2.24, 2.45) is 5.92 Å². The molecule has 0 unspecified atom stereocenters. The molecule has 106 valence electrons. The Balaban J connectivity index is 1.82. The van der Waals surface area contributed by atoms with E-state index in [1.54, 1.807) is 0 Å². The minimum absolute atomic E-state index is 0.481. The molecule has 3 rings (SSSR count). The van der Waals surface area contributed by atoms with Crippen LogP contribution in [0.2, 0.25) is 5.15 Å². The standard InChI is InChI=1S/C15H19ClN4/c1-20(10-11-5-4-8-17-9-11)15-14(16)18-12-6-2-3-7-13(12)19-15/h2-3,6-7,11,17H,4-5,8-10H2,1H3/t11-/m0/s1. The van der Waals surface area contributed by atoms with Gasteiger partial charge < -0.3 is 10.2 Å². The van der Waals surface area contributed by atoms with Gasteiger partial charge in [0.1, 0.15) is 0 Å². The lowest BCUT2D eigenvalue weighted by Crippen LogP contribution is -2.37. The molecule has 5 heteroatoms. The van der Waals surface area contributed by atoms with Crippen LogP contribution in [0.5, 0.6) is 0 Å². The Morgan fingerprint density at radius 2 is 2.05 bits per heavy atom. The Kier molecular flexibility index (Phi) is 4.03. The average molecular weight is 291 g/mol. The van der Waals surface area contributed by atoms with Crippen molar-refractivity contribution >= 4 is 28.5 Å². The molecule has 0 amide bonds. The number of aromatic nitrogens is 2. The van der Waals surface area contributed by atoms with Crippen molar-refractivity contribution in [2.75, 3.05) is 31.6 Å². The lowest BCUT2D eigenvalue weighted by Gasteiger charge is -2.28. The highest BCUT2D eigenvalue weighted by molar-refractivity contribution is 6.32. The molecule has 1 atom stereocenters. The van der Waals surface area contributed by atoms with Crippen LogP contribution in [0, 0.1) is 5.92 Å². The highest BCUT2D eigenvalue weighted by atomic mass is 35.5. The van der Waals surface area contributed by atoms with E-state index in [1.165, 1.54) is 12.8 Å².